The monoisotopic (exact) mass is 420 g/mol. The molecule has 2 aromatic carbocycles. The number of hydrogen-bond donors (Lipinski definition) is 3. The molecule has 3 aromatic rings. The van der Waals surface area contributed by atoms with Gasteiger partial charge in [-0.05, 0) is 48.0 Å². The molecule has 9 heteroatoms. The van der Waals surface area contributed by atoms with E-state index in [1.54, 1.807) is 12.1 Å². The van der Waals surface area contributed by atoms with Crippen molar-refractivity contribution in [2.75, 3.05) is 5.32 Å². The first-order chi connectivity index (χ1) is 14.8. The molecule has 0 unspecified atom stereocenters. The van der Waals surface area contributed by atoms with E-state index >= 15 is 0 Å². The van der Waals surface area contributed by atoms with Crippen LogP contribution >= 0.6 is 0 Å². The van der Waals surface area contributed by atoms with E-state index in [0.717, 1.165) is 4.90 Å². The van der Waals surface area contributed by atoms with Crippen molar-refractivity contribution in [2.45, 2.75) is 13.0 Å². The van der Waals surface area contributed by atoms with Crippen LogP contribution in [0.1, 0.15) is 42.4 Å². The number of nitrogens with one attached hydrogen (secondary N) is 1. The SMILES string of the molecule is O=C(O)Cc1ccc(O)c(NC(=O)c2ccc3c(c2)C(=O)N(Cc2ccco2)C3=O)c1. The van der Waals surface area contributed by atoms with Crippen LogP contribution in [-0.2, 0) is 17.8 Å². The molecular weight excluding hydrogens is 404 g/mol. The molecule has 1 aliphatic rings. The Balaban J connectivity index is 1.56. The molecule has 0 radical (unpaired) electrons. The summed E-state index contributed by atoms with van der Waals surface area (Å²) in [7, 11) is 0. The second kappa shape index (κ2) is 7.79. The largest absolute Gasteiger partial charge is 0.506 e. The highest BCUT2D eigenvalue weighted by Crippen LogP contribution is 2.28. The number of carbonyl (C=O) groups excluding carboxylic acids is 3. The van der Waals surface area contributed by atoms with Crippen molar-refractivity contribution < 1.29 is 33.8 Å². The lowest BCUT2D eigenvalue weighted by Crippen LogP contribution is -2.28. The van der Waals surface area contributed by atoms with Gasteiger partial charge in [-0.25, -0.2) is 0 Å². The summed E-state index contributed by atoms with van der Waals surface area (Å²) in [6.07, 6.45) is 1.17. The minimum atomic E-state index is -1.05. The lowest BCUT2D eigenvalue weighted by atomic mass is 10.0. The Kier molecular flexibility index (Phi) is 5.00. The second-order valence-corrected chi connectivity index (χ2v) is 6.91. The summed E-state index contributed by atoms with van der Waals surface area (Å²) in [4.78, 5) is 49.8. The third-order valence-electron chi connectivity index (χ3n) is 4.79. The summed E-state index contributed by atoms with van der Waals surface area (Å²) in [6.45, 7) is -0.0227. The number of benzene rings is 2. The lowest BCUT2D eigenvalue weighted by molar-refractivity contribution is -0.136. The highest BCUT2D eigenvalue weighted by atomic mass is 16.4. The smallest absolute Gasteiger partial charge is 0.307 e. The maximum atomic E-state index is 12.7. The van der Waals surface area contributed by atoms with Crippen LogP contribution in [0.4, 0.5) is 5.69 Å². The van der Waals surface area contributed by atoms with Crippen molar-refractivity contribution in [2.24, 2.45) is 0 Å². The fourth-order valence-corrected chi connectivity index (χ4v) is 3.30. The van der Waals surface area contributed by atoms with E-state index < -0.39 is 23.7 Å². The van der Waals surface area contributed by atoms with Crippen LogP contribution in [0.5, 0.6) is 5.75 Å². The number of phenols is 1. The molecule has 0 aliphatic carbocycles. The number of aliphatic carboxylic acids is 1. The number of aromatic hydroxyl groups is 1. The Morgan fingerprint density at radius 3 is 2.48 bits per heavy atom. The molecule has 3 amide bonds. The van der Waals surface area contributed by atoms with Crippen LogP contribution in [0.25, 0.3) is 0 Å². The number of fused-ring (bicyclic) bond motifs is 1. The Morgan fingerprint density at radius 1 is 1.00 bits per heavy atom. The first-order valence-corrected chi connectivity index (χ1v) is 9.21. The Hall–Kier alpha value is -4.40. The standard InChI is InChI=1S/C22H16N2O7/c25-18-6-3-12(9-19(26)27)8-17(18)23-20(28)13-4-5-15-16(10-13)22(30)24(21(15)29)11-14-2-1-7-31-14/h1-8,10,25H,9,11H2,(H,23,28)(H,26,27). The normalized spacial score (nSPS) is 12.7. The number of carboxylic acid groups (broad SMARTS) is 1. The summed E-state index contributed by atoms with van der Waals surface area (Å²) in [5.41, 5.74) is 0.797. The maximum absolute atomic E-state index is 12.7. The predicted molar refractivity (Wildman–Crippen MR) is 107 cm³/mol. The van der Waals surface area contributed by atoms with Crippen LogP contribution in [-0.4, -0.2) is 38.8 Å². The zero-order valence-corrected chi connectivity index (χ0v) is 16.0. The van der Waals surface area contributed by atoms with Crippen LogP contribution in [0.15, 0.2) is 59.2 Å². The Labute approximate surface area is 175 Å². The van der Waals surface area contributed by atoms with E-state index in [1.807, 2.05) is 0 Å². The maximum Gasteiger partial charge on any atom is 0.307 e. The van der Waals surface area contributed by atoms with Gasteiger partial charge >= 0.3 is 5.97 Å². The zero-order chi connectivity index (χ0) is 22.1. The number of furan rings is 1. The average Bonchev–Trinajstić information content (AvgIpc) is 3.33. The highest BCUT2D eigenvalue weighted by Gasteiger charge is 2.36. The van der Waals surface area contributed by atoms with Crippen molar-refractivity contribution in [1.29, 1.82) is 0 Å². The molecule has 0 fully saturated rings. The molecule has 0 saturated carbocycles. The van der Waals surface area contributed by atoms with Gasteiger partial charge < -0.3 is 19.9 Å². The number of carboxylic acids is 1. The van der Waals surface area contributed by atoms with Gasteiger partial charge in [0.25, 0.3) is 17.7 Å². The minimum absolute atomic E-state index is 0.0227. The Bertz CT molecular complexity index is 1210. The molecule has 0 spiro atoms. The van der Waals surface area contributed by atoms with Gasteiger partial charge in [0.2, 0.25) is 0 Å². The molecule has 1 aliphatic heterocycles. The fourth-order valence-electron chi connectivity index (χ4n) is 3.30. The number of rotatable bonds is 6. The number of amides is 3. The second-order valence-electron chi connectivity index (χ2n) is 6.91. The van der Waals surface area contributed by atoms with Gasteiger partial charge in [-0.2, -0.15) is 0 Å². The van der Waals surface area contributed by atoms with Crippen LogP contribution in [0.2, 0.25) is 0 Å². The van der Waals surface area contributed by atoms with Crippen LogP contribution in [0.3, 0.4) is 0 Å². The first kappa shape index (κ1) is 19.9. The number of hydrogen-bond acceptors (Lipinski definition) is 6. The molecule has 2 heterocycles. The molecule has 3 N–H and O–H groups in total. The van der Waals surface area contributed by atoms with Crippen LogP contribution in [0, 0.1) is 0 Å². The van der Waals surface area contributed by atoms with E-state index in [2.05, 4.69) is 5.32 Å². The molecule has 0 bridgehead atoms. The summed E-state index contributed by atoms with van der Waals surface area (Å²) in [6, 6.07) is 11.5. The average molecular weight is 420 g/mol. The van der Waals surface area contributed by atoms with Gasteiger partial charge in [0.05, 0.1) is 36.0 Å². The van der Waals surface area contributed by atoms with Gasteiger partial charge in [-0.3, -0.25) is 24.1 Å². The number of imide groups is 1. The quantitative estimate of drug-likeness (QED) is 0.412. The van der Waals surface area contributed by atoms with E-state index in [-0.39, 0.29) is 41.1 Å². The number of carbonyl (C=O) groups is 4. The molecule has 156 valence electrons. The van der Waals surface area contributed by atoms with Crippen molar-refractivity contribution in [3.05, 3.63) is 82.8 Å². The highest BCUT2D eigenvalue weighted by molar-refractivity contribution is 6.22. The lowest BCUT2D eigenvalue weighted by Gasteiger charge is -2.11. The summed E-state index contributed by atoms with van der Waals surface area (Å²) >= 11 is 0. The summed E-state index contributed by atoms with van der Waals surface area (Å²) < 4.78 is 5.19. The van der Waals surface area contributed by atoms with Crippen molar-refractivity contribution in [1.82, 2.24) is 4.90 Å². The first-order valence-electron chi connectivity index (χ1n) is 9.21. The number of nitrogens with zero attached hydrogens (tertiary/aromatic N) is 1. The topological polar surface area (TPSA) is 137 Å². The van der Waals surface area contributed by atoms with Gasteiger partial charge in [-0.1, -0.05) is 6.07 Å². The molecular formula is C22H16N2O7. The van der Waals surface area contributed by atoms with Gasteiger partial charge in [0.15, 0.2) is 0 Å². The predicted octanol–water partition coefficient (Wildman–Crippen LogP) is 2.66. The van der Waals surface area contributed by atoms with Gasteiger partial charge in [0, 0.05) is 5.56 Å². The van der Waals surface area contributed by atoms with E-state index in [4.69, 9.17) is 9.52 Å². The van der Waals surface area contributed by atoms with Crippen LogP contribution < -0.4 is 5.32 Å². The molecule has 0 saturated heterocycles. The van der Waals surface area contributed by atoms with Gasteiger partial charge in [0.1, 0.15) is 11.5 Å². The van der Waals surface area contributed by atoms with E-state index in [9.17, 15) is 24.3 Å². The molecule has 0 atom stereocenters. The fraction of sp³-hybridized carbons (Fsp3) is 0.0909. The number of anilines is 1. The van der Waals surface area contributed by atoms with Crippen molar-refractivity contribution in [3.8, 4) is 5.75 Å². The summed E-state index contributed by atoms with van der Waals surface area (Å²) in [5.74, 6) is -2.50. The van der Waals surface area contributed by atoms with Gasteiger partial charge in [-0.15, -0.1) is 0 Å². The summed E-state index contributed by atoms with van der Waals surface area (Å²) in [5, 5.41) is 21.4. The molecule has 4 rings (SSSR count). The van der Waals surface area contributed by atoms with Crippen molar-refractivity contribution in [3.63, 3.8) is 0 Å². The molecule has 31 heavy (non-hydrogen) atoms. The van der Waals surface area contributed by atoms with Crippen molar-refractivity contribution >= 4 is 29.4 Å². The molecule has 1 aromatic heterocycles. The minimum Gasteiger partial charge on any atom is -0.506 e. The Morgan fingerprint density at radius 2 is 1.77 bits per heavy atom. The van der Waals surface area contributed by atoms with E-state index in [0.29, 0.717) is 11.3 Å². The molecule has 9 nitrogen and oxygen atoms in total. The van der Waals surface area contributed by atoms with E-state index in [1.165, 1.54) is 42.7 Å². The third-order valence-corrected chi connectivity index (χ3v) is 4.79. The number of phenolic OH excluding ortho intramolecular Hbond substituents is 1. The third kappa shape index (κ3) is 3.88. The zero-order valence-electron chi connectivity index (χ0n) is 16.0.